The second kappa shape index (κ2) is 5.66. The molecule has 0 unspecified atom stereocenters. The number of hydrogen-bond donors (Lipinski definition) is 1. The lowest BCUT2D eigenvalue weighted by molar-refractivity contribution is 0.0690. The highest BCUT2D eigenvalue weighted by Crippen LogP contribution is 2.27. The maximum Gasteiger partial charge on any atom is 0.253 e. The predicted molar refractivity (Wildman–Crippen MR) is 90.4 cm³/mol. The number of amides is 1. The van der Waals surface area contributed by atoms with Crippen molar-refractivity contribution in [1.82, 2.24) is 19.7 Å². The van der Waals surface area contributed by atoms with Gasteiger partial charge in [0.05, 0.1) is 16.3 Å². The third-order valence-electron chi connectivity index (χ3n) is 4.30. The zero-order valence-electron chi connectivity index (χ0n) is 12.6. The summed E-state index contributed by atoms with van der Waals surface area (Å²) in [5.74, 6) is 0.0813. The van der Waals surface area contributed by atoms with Crippen LogP contribution in [0.15, 0.2) is 36.7 Å². The first-order valence-corrected chi connectivity index (χ1v) is 8.47. The summed E-state index contributed by atoms with van der Waals surface area (Å²) in [6.45, 7) is 1.51. The van der Waals surface area contributed by atoms with Crippen LogP contribution in [-0.4, -0.2) is 38.7 Å². The van der Waals surface area contributed by atoms with Crippen LogP contribution in [0, 0.1) is 0 Å². The molecule has 7 heteroatoms. The molecular weight excluding hydrogens is 310 g/mol. The summed E-state index contributed by atoms with van der Waals surface area (Å²) in [5.41, 5.74) is 7.28. The summed E-state index contributed by atoms with van der Waals surface area (Å²) >= 11 is 1.41. The zero-order chi connectivity index (χ0) is 15.8. The van der Waals surface area contributed by atoms with Gasteiger partial charge in [-0.05, 0) is 37.1 Å². The molecule has 1 saturated heterocycles. The maximum absolute atomic E-state index is 12.7. The molecule has 2 N–H and O–H groups in total. The number of nitrogens with two attached hydrogens (primary N) is 1. The minimum Gasteiger partial charge on any atom is -0.375 e. The molecule has 3 aromatic rings. The Morgan fingerprint density at radius 3 is 2.87 bits per heavy atom. The van der Waals surface area contributed by atoms with Crippen LogP contribution in [0.5, 0.6) is 0 Å². The molecule has 3 heterocycles. The number of benzene rings is 1. The Labute approximate surface area is 137 Å². The van der Waals surface area contributed by atoms with E-state index >= 15 is 0 Å². The summed E-state index contributed by atoms with van der Waals surface area (Å²) in [5, 5.41) is 4.83. The van der Waals surface area contributed by atoms with Crippen molar-refractivity contribution in [3.05, 3.63) is 42.2 Å². The number of aromatic nitrogens is 3. The highest BCUT2D eigenvalue weighted by molar-refractivity contribution is 7.22. The fourth-order valence-electron chi connectivity index (χ4n) is 3.09. The van der Waals surface area contributed by atoms with Crippen molar-refractivity contribution >= 4 is 32.6 Å². The van der Waals surface area contributed by atoms with Gasteiger partial charge in [0.2, 0.25) is 0 Å². The molecule has 0 saturated carbocycles. The van der Waals surface area contributed by atoms with E-state index in [2.05, 4.69) is 10.1 Å². The molecule has 0 spiro atoms. The number of nitrogens with zero attached hydrogens (tertiary/aromatic N) is 4. The van der Waals surface area contributed by atoms with Crippen molar-refractivity contribution in [2.75, 3.05) is 18.8 Å². The molecule has 118 valence electrons. The Morgan fingerprint density at radius 2 is 2.13 bits per heavy atom. The van der Waals surface area contributed by atoms with E-state index in [1.807, 2.05) is 40.0 Å². The smallest absolute Gasteiger partial charge is 0.253 e. The van der Waals surface area contributed by atoms with E-state index in [1.54, 1.807) is 6.20 Å². The van der Waals surface area contributed by atoms with Crippen LogP contribution < -0.4 is 5.73 Å². The van der Waals surface area contributed by atoms with Crippen molar-refractivity contribution in [2.24, 2.45) is 0 Å². The number of likely N-dealkylation sites (tertiary alicyclic amines) is 1. The molecule has 0 radical (unpaired) electrons. The van der Waals surface area contributed by atoms with Crippen LogP contribution in [-0.2, 0) is 0 Å². The number of anilines is 1. The Kier molecular flexibility index (Phi) is 3.49. The quantitative estimate of drug-likeness (QED) is 0.785. The number of carbonyl (C=O) groups is 1. The average molecular weight is 327 g/mol. The van der Waals surface area contributed by atoms with Gasteiger partial charge in [-0.25, -0.2) is 4.98 Å². The summed E-state index contributed by atoms with van der Waals surface area (Å²) in [6.07, 6.45) is 5.66. The van der Waals surface area contributed by atoms with Crippen LogP contribution in [0.2, 0.25) is 0 Å². The van der Waals surface area contributed by atoms with E-state index in [0.29, 0.717) is 16.7 Å². The predicted octanol–water partition coefficient (Wildman–Crippen LogP) is 2.55. The summed E-state index contributed by atoms with van der Waals surface area (Å²) < 4.78 is 2.95. The van der Waals surface area contributed by atoms with Gasteiger partial charge in [0.15, 0.2) is 5.13 Å². The van der Waals surface area contributed by atoms with Crippen molar-refractivity contribution in [3.8, 4) is 0 Å². The van der Waals surface area contributed by atoms with Crippen molar-refractivity contribution in [2.45, 2.75) is 18.9 Å². The van der Waals surface area contributed by atoms with E-state index in [1.165, 1.54) is 11.3 Å². The lowest BCUT2D eigenvalue weighted by atomic mass is 10.0. The second-order valence-corrected chi connectivity index (χ2v) is 6.81. The van der Waals surface area contributed by atoms with Crippen molar-refractivity contribution < 1.29 is 4.79 Å². The molecule has 4 rings (SSSR count). The number of carbonyl (C=O) groups excluding carboxylic acids is 1. The molecule has 0 aliphatic carbocycles. The molecule has 2 aromatic heterocycles. The Bertz CT molecular complexity index is 833. The molecule has 0 atom stereocenters. The molecule has 23 heavy (non-hydrogen) atoms. The van der Waals surface area contributed by atoms with Gasteiger partial charge in [-0.2, -0.15) is 5.10 Å². The summed E-state index contributed by atoms with van der Waals surface area (Å²) in [7, 11) is 0. The van der Waals surface area contributed by atoms with E-state index in [0.717, 1.165) is 36.1 Å². The fourth-order valence-corrected chi connectivity index (χ4v) is 3.86. The first-order valence-electron chi connectivity index (χ1n) is 7.65. The number of nitrogen functional groups attached to an aromatic ring is 1. The topological polar surface area (TPSA) is 77.0 Å². The monoisotopic (exact) mass is 327 g/mol. The molecule has 1 aromatic carbocycles. The molecule has 1 fully saturated rings. The fraction of sp³-hybridized carbons (Fsp3) is 0.312. The van der Waals surface area contributed by atoms with E-state index in [9.17, 15) is 4.79 Å². The maximum atomic E-state index is 12.7. The van der Waals surface area contributed by atoms with Crippen LogP contribution in [0.1, 0.15) is 29.2 Å². The number of rotatable bonds is 2. The summed E-state index contributed by atoms with van der Waals surface area (Å²) in [4.78, 5) is 18.8. The number of fused-ring (bicyclic) bond motifs is 1. The average Bonchev–Trinajstić information content (AvgIpc) is 3.22. The van der Waals surface area contributed by atoms with Gasteiger partial charge in [-0.3, -0.25) is 9.48 Å². The highest BCUT2D eigenvalue weighted by atomic mass is 32.1. The summed E-state index contributed by atoms with van der Waals surface area (Å²) in [6, 6.07) is 7.92. The Morgan fingerprint density at radius 1 is 1.30 bits per heavy atom. The van der Waals surface area contributed by atoms with E-state index < -0.39 is 0 Å². The zero-order valence-corrected chi connectivity index (χ0v) is 13.4. The van der Waals surface area contributed by atoms with E-state index in [-0.39, 0.29) is 5.91 Å². The lowest BCUT2D eigenvalue weighted by Crippen LogP contribution is -2.39. The number of piperidine rings is 1. The molecular formula is C16H17N5OS. The minimum atomic E-state index is 0.0813. The van der Waals surface area contributed by atoms with E-state index in [4.69, 9.17) is 5.73 Å². The number of thiazole rings is 1. The van der Waals surface area contributed by atoms with Crippen molar-refractivity contribution in [1.29, 1.82) is 0 Å². The van der Waals surface area contributed by atoms with Gasteiger partial charge in [-0.1, -0.05) is 11.3 Å². The molecule has 1 aliphatic rings. The second-order valence-electron chi connectivity index (χ2n) is 5.74. The molecule has 1 amide bonds. The van der Waals surface area contributed by atoms with Crippen LogP contribution in [0.25, 0.3) is 10.2 Å². The Hall–Kier alpha value is -2.41. The molecule has 6 nitrogen and oxygen atoms in total. The number of hydrogen-bond acceptors (Lipinski definition) is 5. The third-order valence-corrected chi connectivity index (χ3v) is 5.15. The molecule has 1 aliphatic heterocycles. The third kappa shape index (κ3) is 2.68. The van der Waals surface area contributed by atoms with Crippen LogP contribution in [0.3, 0.4) is 0 Å². The van der Waals surface area contributed by atoms with Gasteiger partial charge >= 0.3 is 0 Å². The van der Waals surface area contributed by atoms with Crippen molar-refractivity contribution in [3.63, 3.8) is 0 Å². The van der Waals surface area contributed by atoms with Gasteiger partial charge < -0.3 is 10.6 Å². The molecule has 0 bridgehead atoms. The van der Waals surface area contributed by atoms with Crippen LogP contribution in [0.4, 0.5) is 5.13 Å². The first-order chi connectivity index (χ1) is 11.2. The van der Waals surface area contributed by atoms with Gasteiger partial charge in [-0.15, -0.1) is 0 Å². The lowest BCUT2D eigenvalue weighted by Gasteiger charge is -2.32. The first kappa shape index (κ1) is 14.2. The van der Waals surface area contributed by atoms with Gasteiger partial charge in [0.25, 0.3) is 5.91 Å². The highest BCUT2D eigenvalue weighted by Gasteiger charge is 2.25. The minimum absolute atomic E-state index is 0.0813. The normalized spacial score (nSPS) is 16.1. The van der Waals surface area contributed by atoms with Gasteiger partial charge in [0.1, 0.15) is 0 Å². The Balaban J connectivity index is 1.48. The standard InChI is InChI=1S/C16H17N5OS/c17-16-19-13-3-2-11(10-14(13)23-16)15(22)20-8-4-12(5-9-20)21-7-1-6-18-21/h1-3,6-7,10,12H,4-5,8-9H2,(H2,17,19). The SMILES string of the molecule is Nc1nc2ccc(C(=O)N3CCC(n4cccn4)CC3)cc2s1. The van der Waals surface area contributed by atoms with Gasteiger partial charge in [0, 0.05) is 31.0 Å². The van der Waals surface area contributed by atoms with Crippen LogP contribution >= 0.6 is 11.3 Å². The largest absolute Gasteiger partial charge is 0.375 e.